The molecule has 5 heteroatoms. The third-order valence-corrected chi connectivity index (χ3v) is 4.05. The standard InChI is InChI=1S/C15H31N3O2/c1-5-14-12-18(15(19)13(3)11-16-4)8-7-17(14)9-10-20-6-2/h13-14,16H,5-12H2,1-4H3. The summed E-state index contributed by atoms with van der Waals surface area (Å²) in [5.74, 6) is 0.342. The van der Waals surface area contributed by atoms with Gasteiger partial charge in [0.2, 0.25) is 5.91 Å². The number of nitrogens with zero attached hydrogens (tertiary/aromatic N) is 2. The summed E-state index contributed by atoms with van der Waals surface area (Å²) in [6.07, 6.45) is 1.08. The van der Waals surface area contributed by atoms with Crippen LogP contribution in [0.25, 0.3) is 0 Å². The Bertz CT molecular complexity index is 286. The maximum Gasteiger partial charge on any atom is 0.226 e. The van der Waals surface area contributed by atoms with Crippen molar-refractivity contribution in [3.05, 3.63) is 0 Å². The van der Waals surface area contributed by atoms with E-state index in [4.69, 9.17) is 4.74 Å². The number of ether oxygens (including phenoxy) is 1. The largest absolute Gasteiger partial charge is 0.380 e. The molecular formula is C15H31N3O2. The van der Waals surface area contributed by atoms with Gasteiger partial charge in [-0.05, 0) is 20.4 Å². The molecule has 0 spiro atoms. The summed E-state index contributed by atoms with van der Waals surface area (Å²) in [7, 11) is 1.89. The summed E-state index contributed by atoms with van der Waals surface area (Å²) in [4.78, 5) is 16.9. The van der Waals surface area contributed by atoms with Crippen molar-refractivity contribution in [2.45, 2.75) is 33.2 Å². The van der Waals surface area contributed by atoms with E-state index in [0.29, 0.717) is 6.04 Å². The number of hydrogen-bond donors (Lipinski definition) is 1. The lowest BCUT2D eigenvalue weighted by atomic mass is 10.1. The topological polar surface area (TPSA) is 44.8 Å². The first-order valence-electron chi connectivity index (χ1n) is 7.89. The molecule has 0 aromatic carbocycles. The second-order valence-corrected chi connectivity index (χ2v) is 5.54. The molecule has 118 valence electrons. The van der Waals surface area contributed by atoms with Crippen LogP contribution in [0.1, 0.15) is 27.2 Å². The van der Waals surface area contributed by atoms with Crippen LogP contribution in [0.4, 0.5) is 0 Å². The summed E-state index contributed by atoms with van der Waals surface area (Å²) in [6.45, 7) is 12.2. The molecule has 0 bridgehead atoms. The first kappa shape index (κ1) is 17.4. The molecule has 1 N–H and O–H groups in total. The minimum absolute atomic E-state index is 0.0625. The number of amides is 1. The third-order valence-electron chi connectivity index (χ3n) is 4.05. The summed E-state index contributed by atoms with van der Waals surface area (Å²) in [6, 6.07) is 0.468. The van der Waals surface area contributed by atoms with Gasteiger partial charge in [0.1, 0.15) is 0 Å². The molecule has 1 saturated heterocycles. The minimum Gasteiger partial charge on any atom is -0.380 e. The predicted octanol–water partition coefficient (Wildman–Crippen LogP) is 0.801. The first-order chi connectivity index (χ1) is 9.63. The Labute approximate surface area is 123 Å². The Hall–Kier alpha value is -0.650. The summed E-state index contributed by atoms with van der Waals surface area (Å²) in [5.41, 5.74) is 0. The quantitative estimate of drug-likeness (QED) is 0.670. The first-order valence-corrected chi connectivity index (χ1v) is 7.89. The van der Waals surface area contributed by atoms with E-state index >= 15 is 0 Å². The molecule has 1 rings (SSSR count). The zero-order valence-electron chi connectivity index (χ0n) is 13.5. The van der Waals surface area contributed by atoms with Gasteiger partial charge in [-0.1, -0.05) is 13.8 Å². The Morgan fingerprint density at radius 1 is 1.40 bits per heavy atom. The van der Waals surface area contributed by atoms with Gasteiger partial charge < -0.3 is 15.0 Å². The van der Waals surface area contributed by atoms with Crippen LogP contribution >= 0.6 is 0 Å². The normalized spacial score (nSPS) is 22.0. The van der Waals surface area contributed by atoms with Crippen molar-refractivity contribution < 1.29 is 9.53 Å². The number of hydrogen-bond acceptors (Lipinski definition) is 4. The van der Waals surface area contributed by atoms with Gasteiger partial charge in [-0.25, -0.2) is 0 Å². The lowest BCUT2D eigenvalue weighted by Gasteiger charge is -2.42. The molecular weight excluding hydrogens is 254 g/mol. The maximum absolute atomic E-state index is 12.4. The van der Waals surface area contributed by atoms with Crippen LogP contribution in [-0.2, 0) is 9.53 Å². The number of rotatable bonds is 8. The van der Waals surface area contributed by atoms with Crippen molar-refractivity contribution in [1.82, 2.24) is 15.1 Å². The highest BCUT2D eigenvalue weighted by atomic mass is 16.5. The number of nitrogens with one attached hydrogen (secondary N) is 1. The van der Waals surface area contributed by atoms with Crippen molar-refractivity contribution in [2.75, 3.05) is 53.0 Å². The highest BCUT2D eigenvalue weighted by molar-refractivity contribution is 5.78. The van der Waals surface area contributed by atoms with Gasteiger partial charge in [-0.15, -0.1) is 0 Å². The zero-order valence-corrected chi connectivity index (χ0v) is 13.5. The average Bonchev–Trinajstić information content (AvgIpc) is 2.47. The minimum atomic E-state index is 0.0625. The molecule has 0 aliphatic carbocycles. The van der Waals surface area contributed by atoms with E-state index in [-0.39, 0.29) is 11.8 Å². The molecule has 1 fully saturated rings. The van der Waals surface area contributed by atoms with Crippen LogP contribution in [0, 0.1) is 5.92 Å². The third kappa shape index (κ3) is 5.04. The number of piperazine rings is 1. The Morgan fingerprint density at radius 2 is 2.15 bits per heavy atom. The Balaban J connectivity index is 2.47. The van der Waals surface area contributed by atoms with Crippen molar-refractivity contribution in [3.8, 4) is 0 Å². The molecule has 0 radical (unpaired) electrons. The van der Waals surface area contributed by atoms with Crippen molar-refractivity contribution in [2.24, 2.45) is 5.92 Å². The fraction of sp³-hybridized carbons (Fsp3) is 0.933. The second-order valence-electron chi connectivity index (χ2n) is 5.54. The molecule has 1 aliphatic heterocycles. The van der Waals surface area contributed by atoms with Crippen LogP contribution in [0.5, 0.6) is 0 Å². The Morgan fingerprint density at radius 3 is 2.75 bits per heavy atom. The fourth-order valence-corrected chi connectivity index (χ4v) is 2.81. The molecule has 2 unspecified atom stereocenters. The highest BCUT2D eigenvalue weighted by Gasteiger charge is 2.29. The molecule has 0 aromatic heterocycles. The molecule has 5 nitrogen and oxygen atoms in total. The molecule has 20 heavy (non-hydrogen) atoms. The summed E-state index contributed by atoms with van der Waals surface area (Å²) in [5, 5.41) is 3.08. The molecule has 0 aromatic rings. The zero-order chi connectivity index (χ0) is 15.0. The van der Waals surface area contributed by atoms with E-state index in [1.54, 1.807) is 0 Å². The van der Waals surface area contributed by atoms with Crippen LogP contribution < -0.4 is 5.32 Å². The van der Waals surface area contributed by atoms with Gasteiger partial charge in [0, 0.05) is 51.3 Å². The van der Waals surface area contributed by atoms with E-state index in [0.717, 1.165) is 52.4 Å². The van der Waals surface area contributed by atoms with Crippen LogP contribution in [-0.4, -0.2) is 74.7 Å². The van der Waals surface area contributed by atoms with E-state index in [9.17, 15) is 4.79 Å². The summed E-state index contributed by atoms with van der Waals surface area (Å²) >= 11 is 0. The van der Waals surface area contributed by atoms with Crippen molar-refractivity contribution in [3.63, 3.8) is 0 Å². The van der Waals surface area contributed by atoms with E-state index in [2.05, 4.69) is 17.1 Å². The van der Waals surface area contributed by atoms with Gasteiger partial charge in [0.15, 0.2) is 0 Å². The second kappa shape index (κ2) is 9.32. The van der Waals surface area contributed by atoms with Crippen LogP contribution in [0.15, 0.2) is 0 Å². The average molecular weight is 285 g/mol. The smallest absolute Gasteiger partial charge is 0.226 e. The van der Waals surface area contributed by atoms with E-state index in [1.165, 1.54) is 0 Å². The van der Waals surface area contributed by atoms with E-state index in [1.807, 2.05) is 25.8 Å². The Kier molecular flexibility index (Phi) is 8.11. The van der Waals surface area contributed by atoms with Gasteiger partial charge in [-0.2, -0.15) is 0 Å². The van der Waals surface area contributed by atoms with Gasteiger partial charge in [0.05, 0.1) is 6.61 Å². The maximum atomic E-state index is 12.4. The lowest BCUT2D eigenvalue weighted by Crippen LogP contribution is -2.56. The van der Waals surface area contributed by atoms with Crippen LogP contribution in [0.2, 0.25) is 0 Å². The number of carbonyl (C=O) groups excluding carboxylic acids is 1. The molecule has 1 heterocycles. The monoisotopic (exact) mass is 285 g/mol. The molecule has 1 aliphatic rings. The highest BCUT2D eigenvalue weighted by Crippen LogP contribution is 2.15. The summed E-state index contributed by atoms with van der Waals surface area (Å²) < 4.78 is 5.44. The van der Waals surface area contributed by atoms with Gasteiger partial charge in [-0.3, -0.25) is 9.69 Å². The molecule has 1 amide bonds. The van der Waals surface area contributed by atoms with Crippen LogP contribution in [0.3, 0.4) is 0 Å². The van der Waals surface area contributed by atoms with Gasteiger partial charge in [0.25, 0.3) is 0 Å². The predicted molar refractivity (Wildman–Crippen MR) is 81.8 cm³/mol. The molecule has 2 atom stereocenters. The SMILES string of the molecule is CCOCCN1CCN(C(=O)C(C)CNC)CC1CC. The fourth-order valence-electron chi connectivity index (χ4n) is 2.81. The van der Waals surface area contributed by atoms with Gasteiger partial charge >= 0.3 is 0 Å². The van der Waals surface area contributed by atoms with Crippen molar-refractivity contribution >= 4 is 5.91 Å². The van der Waals surface area contributed by atoms with Crippen molar-refractivity contribution in [1.29, 1.82) is 0 Å². The van der Waals surface area contributed by atoms with E-state index < -0.39 is 0 Å². The lowest BCUT2D eigenvalue weighted by molar-refractivity contribution is -0.138. The number of carbonyl (C=O) groups is 1. The molecule has 0 saturated carbocycles.